The smallest absolute Gasteiger partial charge is 0.235 e. The summed E-state index contributed by atoms with van der Waals surface area (Å²) in [4.78, 5) is 24.0. The first-order valence-corrected chi connectivity index (χ1v) is 6.14. The van der Waals surface area contributed by atoms with E-state index in [1.807, 2.05) is 34.6 Å². The molecule has 0 aliphatic rings. The molecule has 0 aliphatic heterocycles. The van der Waals surface area contributed by atoms with Crippen LogP contribution in [0.5, 0.6) is 0 Å². The minimum Gasteiger partial charge on any atom is -0.353 e. The van der Waals surface area contributed by atoms with Crippen LogP contribution < -0.4 is 10.6 Å². The van der Waals surface area contributed by atoms with Crippen LogP contribution in [-0.2, 0) is 9.59 Å². The van der Waals surface area contributed by atoms with E-state index in [1.54, 1.807) is 13.8 Å². The van der Waals surface area contributed by atoms with Crippen molar-refractivity contribution in [2.24, 2.45) is 5.41 Å². The fourth-order valence-corrected chi connectivity index (χ4v) is 1.11. The number of hydrogen-bond acceptors (Lipinski definition) is 2. The Kier molecular flexibility index (Phi) is 5.17. The number of nitrogens with one attached hydrogen (secondary N) is 2. The standard InChI is InChI=1S/C13H26N2O2/c1-8-9(2)14-10(16)13(6,7)11(17)15-12(3,4)5/h9H,8H2,1-7H3,(H,14,16)(H,15,17). The van der Waals surface area contributed by atoms with Crippen LogP contribution in [0.25, 0.3) is 0 Å². The van der Waals surface area contributed by atoms with E-state index in [1.165, 1.54) is 0 Å². The summed E-state index contributed by atoms with van der Waals surface area (Å²) in [5.41, 5.74) is -1.37. The molecule has 0 aliphatic carbocycles. The Morgan fingerprint density at radius 2 is 1.53 bits per heavy atom. The summed E-state index contributed by atoms with van der Waals surface area (Å²) in [6, 6.07) is 0.0872. The Morgan fingerprint density at radius 1 is 1.06 bits per heavy atom. The van der Waals surface area contributed by atoms with Crippen molar-refractivity contribution in [2.75, 3.05) is 0 Å². The molecule has 0 rings (SSSR count). The normalized spacial score (nSPS) is 14.1. The van der Waals surface area contributed by atoms with Gasteiger partial charge in [-0.15, -0.1) is 0 Å². The molecule has 0 aromatic carbocycles. The van der Waals surface area contributed by atoms with E-state index >= 15 is 0 Å². The van der Waals surface area contributed by atoms with Gasteiger partial charge in [-0.25, -0.2) is 0 Å². The van der Waals surface area contributed by atoms with Crippen molar-refractivity contribution in [2.45, 2.75) is 66.5 Å². The monoisotopic (exact) mass is 242 g/mol. The lowest BCUT2D eigenvalue weighted by molar-refractivity contribution is -0.142. The number of amides is 2. The number of hydrogen-bond donors (Lipinski definition) is 2. The van der Waals surface area contributed by atoms with Gasteiger partial charge >= 0.3 is 0 Å². The molecule has 0 radical (unpaired) electrons. The molecule has 0 saturated heterocycles. The molecule has 2 N–H and O–H groups in total. The first-order chi connectivity index (χ1) is 7.50. The van der Waals surface area contributed by atoms with Crippen LogP contribution in [0, 0.1) is 5.41 Å². The van der Waals surface area contributed by atoms with Gasteiger partial charge in [0.05, 0.1) is 0 Å². The molecule has 0 bridgehead atoms. The predicted octanol–water partition coefficient (Wildman–Crippen LogP) is 1.84. The van der Waals surface area contributed by atoms with Crippen LogP contribution in [0.1, 0.15) is 54.9 Å². The second kappa shape index (κ2) is 5.52. The highest BCUT2D eigenvalue weighted by Crippen LogP contribution is 2.17. The van der Waals surface area contributed by atoms with E-state index in [-0.39, 0.29) is 23.4 Å². The van der Waals surface area contributed by atoms with Crippen molar-refractivity contribution in [1.29, 1.82) is 0 Å². The summed E-state index contributed by atoms with van der Waals surface area (Å²) < 4.78 is 0. The lowest BCUT2D eigenvalue weighted by atomic mass is 9.89. The lowest BCUT2D eigenvalue weighted by Gasteiger charge is -2.29. The summed E-state index contributed by atoms with van der Waals surface area (Å²) >= 11 is 0. The van der Waals surface area contributed by atoms with E-state index in [9.17, 15) is 9.59 Å². The second-order valence-electron chi connectivity index (χ2n) is 6.11. The van der Waals surface area contributed by atoms with Gasteiger partial charge in [0.25, 0.3) is 0 Å². The first-order valence-electron chi connectivity index (χ1n) is 6.14. The van der Waals surface area contributed by atoms with Crippen LogP contribution in [0.2, 0.25) is 0 Å². The molecule has 1 atom stereocenters. The average molecular weight is 242 g/mol. The lowest BCUT2D eigenvalue weighted by Crippen LogP contribution is -2.53. The minimum absolute atomic E-state index is 0.0872. The number of rotatable bonds is 4. The molecule has 0 aromatic rings. The predicted molar refractivity (Wildman–Crippen MR) is 69.6 cm³/mol. The van der Waals surface area contributed by atoms with Crippen molar-refractivity contribution in [3.63, 3.8) is 0 Å². The Hall–Kier alpha value is -1.06. The van der Waals surface area contributed by atoms with Crippen molar-refractivity contribution < 1.29 is 9.59 Å². The summed E-state index contributed by atoms with van der Waals surface area (Å²) in [7, 11) is 0. The Balaban J connectivity index is 4.65. The molecular weight excluding hydrogens is 216 g/mol. The van der Waals surface area contributed by atoms with E-state index in [0.29, 0.717) is 0 Å². The third-order valence-corrected chi connectivity index (χ3v) is 2.61. The Morgan fingerprint density at radius 3 is 1.88 bits per heavy atom. The third-order valence-electron chi connectivity index (χ3n) is 2.61. The molecular formula is C13H26N2O2. The zero-order valence-electron chi connectivity index (χ0n) is 12.1. The number of carbonyl (C=O) groups is 2. The largest absolute Gasteiger partial charge is 0.353 e. The van der Waals surface area contributed by atoms with E-state index in [0.717, 1.165) is 6.42 Å². The summed E-state index contributed by atoms with van der Waals surface area (Å²) in [6.45, 7) is 12.9. The van der Waals surface area contributed by atoms with Crippen molar-refractivity contribution in [1.82, 2.24) is 10.6 Å². The first kappa shape index (κ1) is 15.9. The summed E-state index contributed by atoms with van der Waals surface area (Å²) in [5, 5.41) is 5.67. The molecule has 0 spiro atoms. The zero-order chi connectivity index (χ0) is 13.9. The highest BCUT2D eigenvalue weighted by molar-refractivity contribution is 6.04. The molecule has 4 nitrogen and oxygen atoms in total. The van der Waals surface area contributed by atoms with Crippen LogP contribution in [0.15, 0.2) is 0 Å². The van der Waals surface area contributed by atoms with Gasteiger partial charge in [0.15, 0.2) is 0 Å². The van der Waals surface area contributed by atoms with Crippen molar-refractivity contribution >= 4 is 11.8 Å². The van der Waals surface area contributed by atoms with E-state index in [2.05, 4.69) is 10.6 Å². The number of carbonyl (C=O) groups excluding carboxylic acids is 2. The molecule has 1 unspecified atom stereocenters. The fourth-order valence-electron chi connectivity index (χ4n) is 1.11. The van der Waals surface area contributed by atoms with Crippen LogP contribution in [0.3, 0.4) is 0 Å². The van der Waals surface area contributed by atoms with Crippen molar-refractivity contribution in [3.8, 4) is 0 Å². The summed E-state index contributed by atoms with van der Waals surface area (Å²) in [5.74, 6) is -0.473. The van der Waals surface area contributed by atoms with E-state index < -0.39 is 5.41 Å². The van der Waals surface area contributed by atoms with E-state index in [4.69, 9.17) is 0 Å². The SMILES string of the molecule is CCC(C)NC(=O)C(C)(C)C(=O)NC(C)(C)C. The summed E-state index contributed by atoms with van der Waals surface area (Å²) in [6.07, 6.45) is 0.850. The van der Waals surface area contributed by atoms with Gasteiger partial charge in [0, 0.05) is 11.6 Å². The molecule has 0 aromatic heterocycles. The van der Waals surface area contributed by atoms with Gasteiger partial charge in [0.1, 0.15) is 5.41 Å². The topological polar surface area (TPSA) is 58.2 Å². The van der Waals surface area contributed by atoms with Crippen LogP contribution in [0.4, 0.5) is 0 Å². The maximum atomic E-state index is 12.0. The molecule has 0 saturated carbocycles. The Bertz CT molecular complexity index is 290. The van der Waals surface area contributed by atoms with Gasteiger partial charge in [-0.2, -0.15) is 0 Å². The molecule has 17 heavy (non-hydrogen) atoms. The van der Waals surface area contributed by atoms with Gasteiger partial charge in [0.2, 0.25) is 11.8 Å². The molecule has 0 fully saturated rings. The van der Waals surface area contributed by atoms with Gasteiger partial charge in [-0.05, 0) is 48.0 Å². The Labute approximate surface area is 105 Å². The van der Waals surface area contributed by atoms with Gasteiger partial charge in [-0.3, -0.25) is 9.59 Å². The average Bonchev–Trinajstić information content (AvgIpc) is 2.14. The highest BCUT2D eigenvalue weighted by atomic mass is 16.2. The molecule has 4 heteroatoms. The zero-order valence-corrected chi connectivity index (χ0v) is 12.1. The quantitative estimate of drug-likeness (QED) is 0.739. The maximum Gasteiger partial charge on any atom is 0.235 e. The maximum absolute atomic E-state index is 12.0. The minimum atomic E-state index is -1.04. The fraction of sp³-hybridized carbons (Fsp3) is 0.846. The van der Waals surface area contributed by atoms with Gasteiger partial charge in [-0.1, -0.05) is 6.92 Å². The van der Waals surface area contributed by atoms with Crippen LogP contribution >= 0.6 is 0 Å². The second-order valence-corrected chi connectivity index (χ2v) is 6.11. The van der Waals surface area contributed by atoms with Gasteiger partial charge < -0.3 is 10.6 Å². The molecule has 2 amide bonds. The molecule has 0 heterocycles. The van der Waals surface area contributed by atoms with Crippen molar-refractivity contribution in [3.05, 3.63) is 0 Å². The molecule has 100 valence electrons. The highest BCUT2D eigenvalue weighted by Gasteiger charge is 2.37. The van der Waals surface area contributed by atoms with Crippen LogP contribution in [-0.4, -0.2) is 23.4 Å². The third kappa shape index (κ3) is 5.20.